The standard InChI is InChI=1S/C61H68O4/c1-5-44(64-56-29-17-15-27-50(56)52-31-38(3)33-54(60(52)62)58-46-23-11-7-19-40(46)35-41-20-8-12-24-47(41)58)37-45(6-2)65-57-30-18-16-28-51(57)53-32-39(4)34-55(61(53)63)59-48-25-13-9-21-42(48)36-43-22-10-14-26-49(43)59/h15-18,27-36,44-45,62-63H,5-14,19-26,37H2,1-4H3. The van der Waals surface area contributed by atoms with Crippen molar-refractivity contribution in [2.75, 3.05) is 0 Å². The second-order valence-corrected chi connectivity index (χ2v) is 19.8. The quantitative estimate of drug-likeness (QED) is 0.129. The van der Waals surface area contributed by atoms with Crippen LogP contribution in [0, 0.1) is 13.8 Å². The van der Waals surface area contributed by atoms with Crippen molar-refractivity contribution in [1.29, 1.82) is 0 Å². The Morgan fingerprint density at radius 2 is 0.738 bits per heavy atom. The van der Waals surface area contributed by atoms with E-state index in [0.717, 1.165) is 120 Å². The number of hydrogen-bond acceptors (Lipinski definition) is 4. The summed E-state index contributed by atoms with van der Waals surface area (Å²) in [6.45, 7) is 8.69. The van der Waals surface area contributed by atoms with E-state index in [4.69, 9.17) is 9.47 Å². The Bertz CT molecular complexity index is 2480. The van der Waals surface area contributed by atoms with Crippen LogP contribution in [0.3, 0.4) is 0 Å². The summed E-state index contributed by atoms with van der Waals surface area (Å²) in [5.41, 5.74) is 22.1. The molecule has 2 atom stereocenters. The first kappa shape index (κ1) is 43.4. The van der Waals surface area contributed by atoms with Crippen LogP contribution in [0.4, 0.5) is 0 Å². The first-order valence-corrected chi connectivity index (χ1v) is 25.3. The Morgan fingerprint density at radius 3 is 1.09 bits per heavy atom. The van der Waals surface area contributed by atoms with Gasteiger partial charge >= 0.3 is 0 Å². The zero-order chi connectivity index (χ0) is 44.6. The third-order valence-electron chi connectivity index (χ3n) is 15.4. The molecule has 0 heterocycles. The third kappa shape index (κ3) is 8.47. The fraction of sp³-hybridized carbons (Fsp3) is 0.410. The van der Waals surface area contributed by atoms with Gasteiger partial charge in [0, 0.05) is 39.8 Å². The zero-order valence-electron chi connectivity index (χ0n) is 39.4. The van der Waals surface area contributed by atoms with Crippen LogP contribution in [0.5, 0.6) is 23.0 Å². The normalized spacial score (nSPS) is 16.4. The molecule has 4 aliphatic rings. The molecular weight excluding hydrogens is 797 g/mol. The molecule has 0 amide bonds. The van der Waals surface area contributed by atoms with Crippen LogP contribution in [0.2, 0.25) is 0 Å². The van der Waals surface area contributed by atoms with Crippen molar-refractivity contribution in [1.82, 2.24) is 0 Å². The van der Waals surface area contributed by atoms with Crippen molar-refractivity contribution in [3.8, 4) is 67.5 Å². The summed E-state index contributed by atoms with van der Waals surface area (Å²) in [6, 6.07) is 30.2. The maximum Gasteiger partial charge on any atom is 0.131 e. The number of phenols is 2. The Kier molecular flexibility index (Phi) is 12.5. The van der Waals surface area contributed by atoms with E-state index in [2.05, 4.69) is 100 Å². The minimum Gasteiger partial charge on any atom is -0.507 e. The van der Waals surface area contributed by atoms with Gasteiger partial charge in [-0.2, -0.15) is 0 Å². The van der Waals surface area contributed by atoms with Crippen molar-refractivity contribution < 1.29 is 19.7 Å². The van der Waals surface area contributed by atoms with Gasteiger partial charge < -0.3 is 19.7 Å². The van der Waals surface area contributed by atoms with Crippen molar-refractivity contribution in [3.63, 3.8) is 0 Å². The van der Waals surface area contributed by atoms with Gasteiger partial charge in [0.2, 0.25) is 0 Å². The van der Waals surface area contributed by atoms with Crippen molar-refractivity contribution in [2.45, 2.75) is 162 Å². The van der Waals surface area contributed by atoms with Crippen LogP contribution < -0.4 is 9.47 Å². The summed E-state index contributed by atoms with van der Waals surface area (Å²) < 4.78 is 14.0. The molecule has 0 spiro atoms. The molecule has 4 aliphatic carbocycles. The topological polar surface area (TPSA) is 58.9 Å². The molecule has 0 saturated carbocycles. The average molecular weight is 865 g/mol. The molecule has 336 valence electrons. The molecule has 0 radical (unpaired) electrons. The number of ether oxygens (including phenoxy) is 2. The third-order valence-corrected chi connectivity index (χ3v) is 15.4. The lowest BCUT2D eigenvalue weighted by molar-refractivity contribution is 0.106. The van der Waals surface area contributed by atoms with E-state index in [1.807, 2.05) is 12.1 Å². The highest BCUT2D eigenvalue weighted by Gasteiger charge is 2.29. The highest BCUT2D eigenvalue weighted by Crippen LogP contribution is 2.50. The lowest BCUT2D eigenvalue weighted by Gasteiger charge is -2.29. The maximum atomic E-state index is 12.4. The van der Waals surface area contributed by atoms with Gasteiger partial charge in [-0.05, 0) is 233 Å². The van der Waals surface area contributed by atoms with E-state index in [1.165, 1.54) is 107 Å². The first-order chi connectivity index (χ1) is 31.8. The van der Waals surface area contributed by atoms with Crippen LogP contribution in [-0.4, -0.2) is 22.4 Å². The molecule has 65 heavy (non-hydrogen) atoms. The van der Waals surface area contributed by atoms with E-state index < -0.39 is 0 Å². The van der Waals surface area contributed by atoms with E-state index in [1.54, 1.807) is 0 Å². The SMILES string of the molecule is CCC(CC(CC)Oc1ccccc1-c1cc(C)cc(-c2c3c(cc4c2CCCC4)CCCC3)c1O)Oc1ccccc1-c1cc(C)cc(-c2c3c(cc4c2CCCC4)CCCC3)c1O. The second kappa shape index (κ2) is 18.8. The van der Waals surface area contributed by atoms with Gasteiger partial charge in [-0.1, -0.05) is 62.4 Å². The van der Waals surface area contributed by atoms with Gasteiger partial charge in [-0.3, -0.25) is 0 Å². The number of aryl methyl sites for hydroxylation is 6. The summed E-state index contributed by atoms with van der Waals surface area (Å²) >= 11 is 0. The molecule has 2 unspecified atom stereocenters. The molecular formula is C61H68O4. The van der Waals surface area contributed by atoms with Gasteiger partial charge in [0.05, 0.1) is 0 Å². The number of hydrogen-bond donors (Lipinski definition) is 2. The summed E-state index contributed by atoms with van der Waals surface area (Å²) in [7, 11) is 0. The molecule has 0 aliphatic heterocycles. The van der Waals surface area contributed by atoms with E-state index in [-0.39, 0.29) is 12.2 Å². The number of phenolic OH excluding ortho intramolecular Hbond substituents is 2. The second-order valence-electron chi connectivity index (χ2n) is 19.8. The number of aromatic hydroxyl groups is 2. The predicted molar refractivity (Wildman–Crippen MR) is 268 cm³/mol. The first-order valence-electron chi connectivity index (χ1n) is 25.3. The number of rotatable bonds is 12. The van der Waals surface area contributed by atoms with Gasteiger partial charge in [0.15, 0.2) is 0 Å². The molecule has 6 aromatic carbocycles. The largest absolute Gasteiger partial charge is 0.507 e. The van der Waals surface area contributed by atoms with Crippen LogP contribution in [0.1, 0.15) is 140 Å². The fourth-order valence-corrected chi connectivity index (χ4v) is 12.1. The van der Waals surface area contributed by atoms with Crippen molar-refractivity contribution >= 4 is 0 Å². The molecule has 2 N–H and O–H groups in total. The molecule has 0 saturated heterocycles. The van der Waals surface area contributed by atoms with Gasteiger partial charge in [-0.15, -0.1) is 0 Å². The van der Waals surface area contributed by atoms with E-state index >= 15 is 0 Å². The van der Waals surface area contributed by atoms with Gasteiger partial charge in [0.25, 0.3) is 0 Å². The molecule has 10 rings (SSSR count). The van der Waals surface area contributed by atoms with Crippen LogP contribution in [0.25, 0.3) is 44.5 Å². The summed E-state index contributed by atoms with van der Waals surface area (Å²) in [5.74, 6) is 2.27. The highest BCUT2D eigenvalue weighted by atomic mass is 16.5. The highest BCUT2D eigenvalue weighted by molar-refractivity contribution is 5.90. The number of para-hydroxylation sites is 2. The Hall–Kier alpha value is -5.48. The molecule has 0 fully saturated rings. The molecule has 0 bridgehead atoms. The summed E-state index contributed by atoms with van der Waals surface area (Å²) in [6.07, 6.45) is 20.6. The Balaban J connectivity index is 0.947. The van der Waals surface area contributed by atoms with Gasteiger partial charge in [-0.25, -0.2) is 0 Å². The smallest absolute Gasteiger partial charge is 0.131 e. The summed E-state index contributed by atoms with van der Waals surface area (Å²) in [5, 5.41) is 24.9. The number of benzene rings is 6. The Morgan fingerprint density at radius 1 is 0.415 bits per heavy atom. The monoisotopic (exact) mass is 865 g/mol. The van der Waals surface area contributed by atoms with E-state index in [9.17, 15) is 10.2 Å². The number of fused-ring (bicyclic) bond motifs is 4. The lowest BCUT2D eigenvalue weighted by Crippen LogP contribution is -2.27. The molecule has 4 nitrogen and oxygen atoms in total. The maximum absolute atomic E-state index is 12.4. The van der Waals surface area contributed by atoms with Crippen LogP contribution >= 0.6 is 0 Å². The van der Waals surface area contributed by atoms with Crippen LogP contribution in [-0.2, 0) is 51.4 Å². The molecule has 0 aromatic heterocycles. The van der Waals surface area contributed by atoms with Crippen LogP contribution in [0.15, 0.2) is 84.9 Å². The minimum atomic E-state index is -0.123. The molecule has 6 aromatic rings. The van der Waals surface area contributed by atoms with Gasteiger partial charge in [0.1, 0.15) is 35.2 Å². The van der Waals surface area contributed by atoms with Crippen molar-refractivity contribution in [2.24, 2.45) is 0 Å². The summed E-state index contributed by atoms with van der Waals surface area (Å²) in [4.78, 5) is 0. The predicted octanol–water partition coefficient (Wildman–Crippen LogP) is 15.3. The fourth-order valence-electron chi connectivity index (χ4n) is 12.1. The average Bonchev–Trinajstić information content (AvgIpc) is 3.33. The lowest BCUT2D eigenvalue weighted by atomic mass is 9.76. The minimum absolute atomic E-state index is 0.123. The zero-order valence-corrected chi connectivity index (χ0v) is 39.4. The Labute approximate surface area is 388 Å². The van der Waals surface area contributed by atoms with E-state index in [0.29, 0.717) is 17.9 Å². The van der Waals surface area contributed by atoms with Crippen molar-refractivity contribution in [3.05, 3.63) is 141 Å². The molecule has 4 heteroatoms.